The standard InChI is InChI=1S/C21H13BrN2O2S2/c22-16-8-6-15(7-9-16)18-11-10-17(26-18)13-23-24-20(25)19(28-21(24)27)12-14-4-2-1-3-5-14/h1-13H/b19-12+,23-13-. The lowest BCUT2D eigenvalue weighted by atomic mass is 10.2. The molecule has 0 N–H and O–H groups in total. The molecule has 3 aromatic rings. The number of rotatable bonds is 4. The average Bonchev–Trinajstić information content (AvgIpc) is 3.27. The van der Waals surface area contributed by atoms with Crippen molar-refractivity contribution in [3.8, 4) is 11.3 Å². The number of hydrogen-bond acceptors (Lipinski definition) is 5. The molecule has 0 radical (unpaired) electrons. The minimum absolute atomic E-state index is 0.241. The first kappa shape index (κ1) is 18.9. The van der Waals surface area contributed by atoms with Gasteiger partial charge in [-0.25, -0.2) is 0 Å². The quantitative estimate of drug-likeness (QED) is 0.269. The number of furan rings is 1. The Morgan fingerprint density at radius 2 is 1.79 bits per heavy atom. The predicted octanol–water partition coefficient (Wildman–Crippen LogP) is 5.94. The molecule has 2 aromatic carbocycles. The summed E-state index contributed by atoms with van der Waals surface area (Å²) >= 11 is 9.95. The van der Waals surface area contributed by atoms with Crippen LogP contribution in [0.25, 0.3) is 17.4 Å². The van der Waals surface area contributed by atoms with Crippen molar-refractivity contribution in [1.82, 2.24) is 5.01 Å². The van der Waals surface area contributed by atoms with E-state index in [4.69, 9.17) is 16.6 Å². The van der Waals surface area contributed by atoms with Crippen LogP contribution in [0.3, 0.4) is 0 Å². The number of benzene rings is 2. The zero-order chi connectivity index (χ0) is 19.5. The van der Waals surface area contributed by atoms with E-state index < -0.39 is 0 Å². The second kappa shape index (κ2) is 8.26. The van der Waals surface area contributed by atoms with Crippen molar-refractivity contribution in [3.05, 3.63) is 87.4 Å². The minimum atomic E-state index is -0.241. The predicted molar refractivity (Wildman–Crippen MR) is 121 cm³/mol. The maximum absolute atomic E-state index is 12.6. The molecule has 1 saturated heterocycles. The third-order valence-corrected chi connectivity index (χ3v) is 5.74. The molecule has 7 heteroatoms. The number of halogens is 1. The molecule has 0 bridgehead atoms. The number of amides is 1. The Kier molecular flexibility index (Phi) is 5.57. The summed E-state index contributed by atoms with van der Waals surface area (Å²) in [4.78, 5) is 13.1. The van der Waals surface area contributed by atoms with E-state index in [1.54, 1.807) is 6.07 Å². The normalized spacial score (nSPS) is 15.9. The van der Waals surface area contributed by atoms with E-state index in [-0.39, 0.29) is 5.91 Å². The largest absolute Gasteiger partial charge is 0.455 e. The summed E-state index contributed by atoms with van der Waals surface area (Å²) in [7, 11) is 0. The lowest BCUT2D eigenvalue weighted by molar-refractivity contribution is -0.122. The van der Waals surface area contributed by atoms with Gasteiger partial charge in [0.25, 0.3) is 5.91 Å². The third-order valence-electron chi connectivity index (χ3n) is 3.93. The molecule has 0 spiro atoms. The lowest BCUT2D eigenvalue weighted by Crippen LogP contribution is -2.22. The molecule has 138 valence electrons. The molecule has 0 unspecified atom stereocenters. The summed E-state index contributed by atoms with van der Waals surface area (Å²) < 4.78 is 7.19. The zero-order valence-corrected chi connectivity index (χ0v) is 17.6. The van der Waals surface area contributed by atoms with E-state index in [0.717, 1.165) is 21.4 Å². The number of thioether (sulfide) groups is 1. The number of thiocarbonyl (C=S) groups is 1. The van der Waals surface area contributed by atoms with Gasteiger partial charge in [0.05, 0.1) is 11.1 Å². The van der Waals surface area contributed by atoms with E-state index in [9.17, 15) is 4.79 Å². The molecule has 28 heavy (non-hydrogen) atoms. The molecule has 0 aliphatic carbocycles. The van der Waals surface area contributed by atoms with Crippen LogP contribution in [0.4, 0.5) is 0 Å². The summed E-state index contributed by atoms with van der Waals surface area (Å²) in [6.45, 7) is 0. The van der Waals surface area contributed by atoms with Crippen LogP contribution >= 0.6 is 39.9 Å². The van der Waals surface area contributed by atoms with E-state index in [1.807, 2.05) is 66.7 Å². The van der Waals surface area contributed by atoms with Gasteiger partial charge >= 0.3 is 0 Å². The van der Waals surface area contributed by atoms with Gasteiger partial charge in [-0.3, -0.25) is 4.79 Å². The first-order chi connectivity index (χ1) is 13.6. The van der Waals surface area contributed by atoms with Crippen molar-refractivity contribution in [1.29, 1.82) is 0 Å². The van der Waals surface area contributed by atoms with Crippen molar-refractivity contribution in [2.45, 2.75) is 0 Å². The molecule has 1 aliphatic heterocycles. The molecular formula is C21H13BrN2O2S2. The topological polar surface area (TPSA) is 45.8 Å². The van der Waals surface area contributed by atoms with E-state index in [2.05, 4.69) is 21.0 Å². The average molecular weight is 469 g/mol. The van der Waals surface area contributed by atoms with Crippen LogP contribution < -0.4 is 0 Å². The van der Waals surface area contributed by atoms with Crippen molar-refractivity contribution in [3.63, 3.8) is 0 Å². The molecule has 2 heterocycles. The van der Waals surface area contributed by atoms with E-state index in [0.29, 0.717) is 15.0 Å². The maximum atomic E-state index is 12.6. The highest BCUT2D eigenvalue weighted by Gasteiger charge is 2.32. The number of carbonyl (C=O) groups excluding carboxylic acids is 1. The van der Waals surface area contributed by atoms with Crippen molar-refractivity contribution in [2.24, 2.45) is 5.10 Å². The van der Waals surface area contributed by atoms with Crippen LogP contribution in [-0.2, 0) is 4.79 Å². The lowest BCUT2D eigenvalue weighted by Gasteiger charge is -2.05. The number of carbonyl (C=O) groups is 1. The van der Waals surface area contributed by atoms with Crippen molar-refractivity contribution >= 4 is 62.4 Å². The summed E-state index contributed by atoms with van der Waals surface area (Å²) in [6.07, 6.45) is 3.31. The van der Waals surface area contributed by atoms with Crippen LogP contribution in [0, 0.1) is 0 Å². The van der Waals surface area contributed by atoms with Crippen LogP contribution in [0.15, 0.2) is 85.6 Å². The highest BCUT2D eigenvalue weighted by molar-refractivity contribution is 9.10. The van der Waals surface area contributed by atoms with Gasteiger partial charge in [-0.2, -0.15) is 10.1 Å². The molecule has 1 aliphatic rings. The molecule has 1 fully saturated rings. The highest BCUT2D eigenvalue weighted by atomic mass is 79.9. The monoisotopic (exact) mass is 468 g/mol. The summed E-state index contributed by atoms with van der Waals surface area (Å²) in [6, 6.07) is 21.1. The van der Waals surface area contributed by atoms with Gasteiger partial charge in [-0.05, 0) is 48.1 Å². The van der Waals surface area contributed by atoms with Crippen molar-refractivity contribution < 1.29 is 9.21 Å². The first-order valence-corrected chi connectivity index (χ1v) is 10.3. The van der Waals surface area contributed by atoms with E-state index >= 15 is 0 Å². The second-order valence-electron chi connectivity index (χ2n) is 5.86. The summed E-state index contributed by atoms with van der Waals surface area (Å²) in [5.74, 6) is 1.03. The fourth-order valence-electron chi connectivity index (χ4n) is 2.57. The number of hydrazone groups is 1. The molecule has 1 aromatic heterocycles. The highest BCUT2D eigenvalue weighted by Crippen LogP contribution is 2.32. The Bertz CT molecular complexity index is 1090. The summed E-state index contributed by atoms with van der Waals surface area (Å²) in [5, 5.41) is 5.44. The Morgan fingerprint density at radius 1 is 1.04 bits per heavy atom. The van der Waals surface area contributed by atoms with Crippen LogP contribution in [0.5, 0.6) is 0 Å². The van der Waals surface area contributed by atoms with Crippen LogP contribution in [0.2, 0.25) is 0 Å². The Balaban J connectivity index is 1.50. The summed E-state index contributed by atoms with van der Waals surface area (Å²) in [5.41, 5.74) is 1.90. The Morgan fingerprint density at radius 3 is 2.54 bits per heavy atom. The Hall–Kier alpha value is -2.48. The number of nitrogens with zero attached hydrogens (tertiary/aromatic N) is 2. The van der Waals surface area contributed by atoms with Gasteiger partial charge in [0.1, 0.15) is 11.5 Å². The second-order valence-corrected chi connectivity index (χ2v) is 8.45. The van der Waals surface area contributed by atoms with Gasteiger partial charge in [0.15, 0.2) is 4.32 Å². The third kappa shape index (κ3) is 4.16. The Labute approximate surface area is 180 Å². The fraction of sp³-hybridized carbons (Fsp3) is 0. The van der Waals surface area contributed by atoms with Gasteiger partial charge in [0.2, 0.25) is 0 Å². The first-order valence-electron chi connectivity index (χ1n) is 8.33. The molecule has 4 rings (SSSR count). The minimum Gasteiger partial charge on any atom is -0.455 e. The van der Waals surface area contributed by atoms with E-state index in [1.165, 1.54) is 23.0 Å². The zero-order valence-electron chi connectivity index (χ0n) is 14.4. The smallest absolute Gasteiger partial charge is 0.286 e. The molecule has 4 nitrogen and oxygen atoms in total. The SMILES string of the molecule is O=C1/C(=C\c2ccccc2)SC(=S)N1/N=C\c1ccc(-c2ccc(Br)cc2)o1. The molecular weight excluding hydrogens is 456 g/mol. The van der Waals surface area contributed by atoms with Gasteiger partial charge in [-0.1, -0.05) is 70.2 Å². The maximum Gasteiger partial charge on any atom is 0.286 e. The fourth-order valence-corrected chi connectivity index (χ4v) is 4.00. The molecule has 0 atom stereocenters. The molecule has 0 saturated carbocycles. The number of hydrogen-bond donors (Lipinski definition) is 0. The van der Waals surface area contributed by atoms with Gasteiger partial charge in [0, 0.05) is 10.0 Å². The van der Waals surface area contributed by atoms with Gasteiger partial charge in [-0.15, -0.1) is 0 Å². The van der Waals surface area contributed by atoms with Crippen LogP contribution in [0.1, 0.15) is 11.3 Å². The van der Waals surface area contributed by atoms with Gasteiger partial charge < -0.3 is 4.42 Å². The van der Waals surface area contributed by atoms with Crippen molar-refractivity contribution in [2.75, 3.05) is 0 Å². The van der Waals surface area contributed by atoms with Crippen LogP contribution in [-0.4, -0.2) is 21.5 Å². The molecule has 1 amide bonds.